The Labute approximate surface area is 120 Å². The number of rotatable bonds is 6. The topological polar surface area (TPSA) is 24.5 Å². The van der Waals surface area contributed by atoms with E-state index in [0.29, 0.717) is 18.1 Å². The van der Waals surface area contributed by atoms with Gasteiger partial charge in [-0.3, -0.25) is 0 Å². The summed E-state index contributed by atoms with van der Waals surface area (Å²) in [7, 11) is 2.23. The number of ether oxygens (including phenoxy) is 1. The third-order valence-electron chi connectivity index (χ3n) is 4.24. The zero-order valence-corrected chi connectivity index (χ0v) is 13.8. The standard InChI is InChI=1S/C16H34N2O/c1-13(11-17-16(3,4)5)14(2)18(6)12-15-9-7-8-10-19-15/h13-15,17H,7-12H2,1-6H3. The SMILES string of the molecule is CC(CNC(C)(C)C)C(C)N(C)CC1CCCCO1. The molecule has 3 atom stereocenters. The molecule has 0 bridgehead atoms. The van der Waals surface area contributed by atoms with Crippen LogP contribution in [0.4, 0.5) is 0 Å². The van der Waals surface area contributed by atoms with Crippen LogP contribution in [0.25, 0.3) is 0 Å². The van der Waals surface area contributed by atoms with Gasteiger partial charge in [0.1, 0.15) is 0 Å². The molecule has 19 heavy (non-hydrogen) atoms. The molecule has 1 rings (SSSR count). The molecule has 0 saturated carbocycles. The summed E-state index contributed by atoms with van der Waals surface area (Å²) in [6, 6.07) is 0.584. The summed E-state index contributed by atoms with van der Waals surface area (Å²) in [4.78, 5) is 2.46. The molecular formula is C16H34N2O. The lowest BCUT2D eigenvalue weighted by atomic mass is 9.99. The number of hydrogen-bond donors (Lipinski definition) is 1. The van der Waals surface area contributed by atoms with Crippen molar-refractivity contribution in [1.82, 2.24) is 10.2 Å². The van der Waals surface area contributed by atoms with Gasteiger partial charge in [0.25, 0.3) is 0 Å². The molecule has 0 aromatic rings. The first-order chi connectivity index (χ1) is 8.79. The second-order valence-electron chi connectivity index (χ2n) is 7.28. The minimum atomic E-state index is 0.207. The van der Waals surface area contributed by atoms with Crippen LogP contribution in [0.1, 0.15) is 53.9 Å². The highest BCUT2D eigenvalue weighted by Gasteiger charge is 2.22. The number of nitrogens with zero attached hydrogens (tertiary/aromatic N) is 1. The molecule has 0 amide bonds. The average Bonchev–Trinajstić information content (AvgIpc) is 2.35. The molecule has 1 fully saturated rings. The maximum absolute atomic E-state index is 5.84. The third-order valence-corrected chi connectivity index (χ3v) is 4.24. The zero-order valence-electron chi connectivity index (χ0n) is 13.8. The Morgan fingerprint density at radius 3 is 2.47 bits per heavy atom. The molecule has 1 aliphatic rings. The van der Waals surface area contributed by atoms with Crippen LogP contribution in [0.5, 0.6) is 0 Å². The van der Waals surface area contributed by atoms with E-state index < -0.39 is 0 Å². The Balaban J connectivity index is 2.31. The van der Waals surface area contributed by atoms with E-state index in [1.807, 2.05) is 0 Å². The lowest BCUT2D eigenvalue weighted by molar-refractivity contribution is -0.0108. The van der Waals surface area contributed by atoms with Crippen molar-refractivity contribution < 1.29 is 4.74 Å². The van der Waals surface area contributed by atoms with Crippen LogP contribution in [-0.4, -0.2) is 49.3 Å². The molecule has 114 valence electrons. The smallest absolute Gasteiger partial charge is 0.0702 e. The van der Waals surface area contributed by atoms with Crippen molar-refractivity contribution in [2.45, 2.75) is 71.6 Å². The predicted molar refractivity (Wildman–Crippen MR) is 82.6 cm³/mol. The third kappa shape index (κ3) is 6.73. The molecule has 1 N–H and O–H groups in total. The summed E-state index contributed by atoms with van der Waals surface area (Å²) in [5, 5.41) is 3.60. The summed E-state index contributed by atoms with van der Waals surface area (Å²) in [5.41, 5.74) is 0.207. The van der Waals surface area contributed by atoms with Gasteiger partial charge < -0.3 is 15.0 Å². The van der Waals surface area contributed by atoms with Crippen LogP contribution in [0.3, 0.4) is 0 Å². The van der Waals surface area contributed by atoms with Gasteiger partial charge in [-0.2, -0.15) is 0 Å². The second kappa shape index (κ2) is 7.61. The van der Waals surface area contributed by atoms with E-state index in [1.165, 1.54) is 19.3 Å². The van der Waals surface area contributed by atoms with Crippen LogP contribution in [-0.2, 0) is 4.74 Å². The molecular weight excluding hydrogens is 236 g/mol. The lowest BCUT2D eigenvalue weighted by Gasteiger charge is -2.35. The summed E-state index contributed by atoms with van der Waals surface area (Å²) < 4.78 is 5.84. The number of hydrogen-bond acceptors (Lipinski definition) is 3. The maximum atomic E-state index is 5.84. The Morgan fingerprint density at radius 1 is 1.26 bits per heavy atom. The van der Waals surface area contributed by atoms with Gasteiger partial charge in [-0.05, 0) is 66.5 Å². The fourth-order valence-corrected chi connectivity index (χ4v) is 2.51. The maximum Gasteiger partial charge on any atom is 0.0702 e. The molecule has 0 aromatic carbocycles. The van der Waals surface area contributed by atoms with Gasteiger partial charge in [-0.25, -0.2) is 0 Å². The largest absolute Gasteiger partial charge is 0.377 e. The normalized spacial score (nSPS) is 24.5. The highest BCUT2D eigenvalue weighted by molar-refractivity contribution is 4.79. The number of likely N-dealkylation sites (N-methyl/N-ethyl adjacent to an activating group) is 1. The fraction of sp³-hybridized carbons (Fsp3) is 1.00. The van der Waals surface area contributed by atoms with Crippen molar-refractivity contribution >= 4 is 0 Å². The second-order valence-corrected chi connectivity index (χ2v) is 7.28. The average molecular weight is 270 g/mol. The molecule has 0 aliphatic carbocycles. The van der Waals surface area contributed by atoms with Gasteiger partial charge in [0.15, 0.2) is 0 Å². The minimum Gasteiger partial charge on any atom is -0.377 e. The monoisotopic (exact) mass is 270 g/mol. The zero-order chi connectivity index (χ0) is 14.5. The Morgan fingerprint density at radius 2 is 1.95 bits per heavy atom. The first kappa shape index (κ1) is 16.9. The highest BCUT2D eigenvalue weighted by Crippen LogP contribution is 2.16. The molecule has 0 aromatic heterocycles. The lowest BCUT2D eigenvalue weighted by Crippen LogP contribution is -2.46. The minimum absolute atomic E-state index is 0.207. The van der Waals surface area contributed by atoms with Crippen molar-refractivity contribution in [3.8, 4) is 0 Å². The molecule has 3 unspecified atom stereocenters. The van der Waals surface area contributed by atoms with E-state index in [9.17, 15) is 0 Å². The van der Waals surface area contributed by atoms with Gasteiger partial charge >= 0.3 is 0 Å². The molecule has 1 saturated heterocycles. The van der Waals surface area contributed by atoms with E-state index in [4.69, 9.17) is 4.74 Å². The molecule has 3 nitrogen and oxygen atoms in total. The van der Waals surface area contributed by atoms with Gasteiger partial charge in [0.05, 0.1) is 6.10 Å². The van der Waals surface area contributed by atoms with Crippen LogP contribution >= 0.6 is 0 Å². The van der Waals surface area contributed by atoms with Crippen molar-refractivity contribution in [3.63, 3.8) is 0 Å². The van der Waals surface area contributed by atoms with E-state index in [-0.39, 0.29) is 5.54 Å². The van der Waals surface area contributed by atoms with Crippen molar-refractivity contribution in [3.05, 3.63) is 0 Å². The molecule has 0 radical (unpaired) electrons. The summed E-state index contributed by atoms with van der Waals surface area (Å²) >= 11 is 0. The van der Waals surface area contributed by atoms with Crippen molar-refractivity contribution in [2.75, 3.05) is 26.7 Å². The summed E-state index contributed by atoms with van der Waals surface area (Å²) in [6.07, 6.45) is 4.24. The van der Waals surface area contributed by atoms with E-state index in [2.05, 4.69) is 51.9 Å². The number of nitrogens with one attached hydrogen (secondary N) is 1. The first-order valence-electron chi connectivity index (χ1n) is 7.86. The van der Waals surface area contributed by atoms with Crippen molar-refractivity contribution in [2.24, 2.45) is 5.92 Å². The van der Waals surface area contributed by atoms with E-state index in [0.717, 1.165) is 19.7 Å². The molecule has 1 heterocycles. The summed E-state index contributed by atoms with van der Waals surface area (Å²) in [6.45, 7) is 14.4. The van der Waals surface area contributed by atoms with Crippen LogP contribution in [0.15, 0.2) is 0 Å². The van der Waals surface area contributed by atoms with Gasteiger partial charge in [-0.15, -0.1) is 0 Å². The first-order valence-corrected chi connectivity index (χ1v) is 7.86. The van der Waals surface area contributed by atoms with Gasteiger partial charge in [0, 0.05) is 24.7 Å². The molecule has 0 spiro atoms. The van der Waals surface area contributed by atoms with E-state index >= 15 is 0 Å². The van der Waals surface area contributed by atoms with Gasteiger partial charge in [-0.1, -0.05) is 6.92 Å². The Hall–Kier alpha value is -0.120. The molecule has 3 heteroatoms. The fourth-order valence-electron chi connectivity index (χ4n) is 2.51. The van der Waals surface area contributed by atoms with Gasteiger partial charge in [0.2, 0.25) is 0 Å². The highest BCUT2D eigenvalue weighted by atomic mass is 16.5. The predicted octanol–water partition coefficient (Wildman–Crippen LogP) is 2.90. The Kier molecular flexibility index (Phi) is 6.78. The van der Waals surface area contributed by atoms with Crippen LogP contribution < -0.4 is 5.32 Å². The van der Waals surface area contributed by atoms with Crippen LogP contribution in [0.2, 0.25) is 0 Å². The van der Waals surface area contributed by atoms with Crippen molar-refractivity contribution in [1.29, 1.82) is 0 Å². The summed E-state index contributed by atoms with van der Waals surface area (Å²) in [5.74, 6) is 0.646. The van der Waals surface area contributed by atoms with E-state index in [1.54, 1.807) is 0 Å². The Bertz CT molecular complexity index is 244. The quantitative estimate of drug-likeness (QED) is 0.803. The van der Waals surface area contributed by atoms with Crippen LogP contribution in [0, 0.1) is 5.92 Å². The molecule has 1 aliphatic heterocycles.